The molecule has 0 saturated carbocycles. The van der Waals surface area contributed by atoms with Crippen LogP contribution >= 0.6 is 0 Å². The van der Waals surface area contributed by atoms with Crippen LogP contribution in [0.5, 0.6) is 0 Å². The monoisotopic (exact) mass is 463 g/mol. The van der Waals surface area contributed by atoms with Gasteiger partial charge in [-0.1, -0.05) is 187 Å². The fraction of sp³-hybridized carbons (Fsp3) is 0.939. The summed E-state index contributed by atoms with van der Waals surface area (Å²) >= 11 is 0. The molecule has 0 spiro atoms. The number of hydrogen-bond acceptors (Lipinski definition) is 0. The highest BCUT2D eigenvalue weighted by atomic mass is 14.0. The zero-order chi connectivity index (χ0) is 23.9. The van der Waals surface area contributed by atoms with E-state index in [1.165, 1.54) is 186 Å². The topological polar surface area (TPSA) is 0 Å². The Balaban J connectivity index is 3.04. The molecule has 0 N–H and O–H groups in total. The van der Waals surface area contributed by atoms with Gasteiger partial charge in [0, 0.05) is 0 Å². The molecular weight excluding hydrogens is 396 g/mol. The Morgan fingerprint density at radius 3 is 0.636 bits per heavy atom. The van der Waals surface area contributed by atoms with Crippen LogP contribution in [0.15, 0.2) is 12.2 Å². The van der Waals surface area contributed by atoms with Crippen molar-refractivity contribution < 1.29 is 0 Å². The van der Waals surface area contributed by atoms with E-state index in [9.17, 15) is 0 Å². The lowest BCUT2D eigenvalue weighted by atomic mass is 10.0. The summed E-state index contributed by atoms with van der Waals surface area (Å²) in [6.45, 7) is 4.60. The number of rotatable bonds is 29. The first-order valence-electron chi connectivity index (χ1n) is 16.1. The Labute approximate surface area is 212 Å². The van der Waals surface area contributed by atoms with Gasteiger partial charge in [-0.2, -0.15) is 0 Å². The van der Waals surface area contributed by atoms with E-state index in [1.54, 1.807) is 0 Å². The Hall–Kier alpha value is -0.260. The van der Waals surface area contributed by atoms with Gasteiger partial charge in [0.1, 0.15) is 0 Å². The molecule has 0 aliphatic heterocycles. The third-order valence-corrected chi connectivity index (χ3v) is 7.37. The minimum Gasteiger partial charge on any atom is -0.0885 e. The van der Waals surface area contributed by atoms with Crippen LogP contribution in [0.25, 0.3) is 0 Å². The van der Waals surface area contributed by atoms with E-state index in [2.05, 4.69) is 26.0 Å². The molecule has 0 amide bonds. The summed E-state index contributed by atoms with van der Waals surface area (Å²) < 4.78 is 0. The Morgan fingerprint density at radius 1 is 0.242 bits per heavy atom. The van der Waals surface area contributed by atoms with Crippen molar-refractivity contribution in [3.05, 3.63) is 12.2 Å². The molecule has 0 bridgehead atoms. The molecular formula is C33H66. The van der Waals surface area contributed by atoms with Crippen LogP contribution in [0, 0.1) is 0 Å². The molecule has 198 valence electrons. The standard InChI is InChI=1S/C33H66/c1-3-5-7-9-11-13-15-17-19-21-23-25-27-29-31-33-32-30-28-26-24-22-20-18-16-14-12-10-8-6-4-2/h15,17H,3-14,16,18-33H2,1-2H3. The van der Waals surface area contributed by atoms with Crippen molar-refractivity contribution in [3.63, 3.8) is 0 Å². The van der Waals surface area contributed by atoms with E-state index < -0.39 is 0 Å². The molecule has 0 radical (unpaired) electrons. The van der Waals surface area contributed by atoms with Crippen LogP contribution in [0.4, 0.5) is 0 Å². The van der Waals surface area contributed by atoms with Gasteiger partial charge in [0.05, 0.1) is 0 Å². The predicted molar refractivity (Wildman–Crippen MR) is 154 cm³/mol. The van der Waals surface area contributed by atoms with Crippen molar-refractivity contribution in [1.82, 2.24) is 0 Å². The fourth-order valence-corrected chi connectivity index (χ4v) is 4.97. The maximum absolute atomic E-state index is 2.44. The first kappa shape index (κ1) is 32.7. The zero-order valence-corrected chi connectivity index (χ0v) is 23.7. The number of allylic oxidation sites excluding steroid dienone is 2. The maximum atomic E-state index is 2.44. The molecule has 33 heavy (non-hydrogen) atoms. The van der Waals surface area contributed by atoms with E-state index in [0.717, 1.165) is 0 Å². The molecule has 0 aliphatic rings. The van der Waals surface area contributed by atoms with Crippen molar-refractivity contribution in [3.8, 4) is 0 Å². The summed E-state index contributed by atoms with van der Waals surface area (Å²) in [7, 11) is 0. The second-order valence-corrected chi connectivity index (χ2v) is 10.9. The normalized spacial score (nSPS) is 11.7. The molecule has 0 unspecified atom stereocenters. The van der Waals surface area contributed by atoms with Crippen LogP contribution in [0.2, 0.25) is 0 Å². The second kappa shape index (κ2) is 31.7. The van der Waals surface area contributed by atoms with Crippen LogP contribution in [-0.2, 0) is 0 Å². The lowest BCUT2D eigenvalue weighted by molar-refractivity contribution is 0.519. The molecule has 0 aromatic rings. The van der Waals surface area contributed by atoms with E-state index in [4.69, 9.17) is 0 Å². The van der Waals surface area contributed by atoms with Gasteiger partial charge in [0.2, 0.25) is 0 Å². The lowest BCUT2D eigenvalue weighted by Gasteiger charge is -2.04. The highest BCUT2D eigenvalue weighted by Gasteiger charge is 1.96. The minimum absolute atomic E-state index is 1.31. The Morgan fingerprint density at radius 2 is 0.424 bits per heavy atom. The van der Waals surface area contributed by atoms with Gasteiger partial charge in [-0.3, -0.25) is 0 Å². The minimum atomic E-state index is 1.31. The first-order chi connectivity index (χ1) is 16.4. The Kier molecular flexibility index (Phi) is 31.5. The van der Waals surface area contributed by atoms with Crippen molar-refractivity contribution in [1.29, 1.82) is 0 Å². The smallest absolute Gasteiger partial charge is 0.0351 e. The van der Waals surface area contributed by atoms with E-state index in [-0.39, 0.29) is 0 Å². The average molecular weight is 463 g/mol. The van der Waals surface area contributed by atoms with Crippen LogP contribution in [0.3, 0.4) is 0 Å². The predicted octanol–water partition coefficient (Wildman–Crippen LogP) is 12.9. The average Bonchev–Trinajstić information content (AvgIpc) is 2.83. The SMILES string of the molecule is CCCCCCCC=CCCCCCCCCCCCCCCCCCCCCCCCC. The fourth-order valence-electron chi connectivity index (χ4n) is 4.97. The van der Waals surface area contributed by atoms with Crippen molar-refractivity contribution >= 4 is 0 Å². The molecule has 0 nitrogen and oxygen atoms in total. The quantitative estimate of drug-likeness (QED) is 0.0765. The van der Waals surface area contributed by atoms with Crippen molar-refractivity contribution in [2.45, 2.75) is 200 Å². The zero-order valence-electron chi connectivity index (χ0n) is 23.7. The Bertz CT molecular complexity index is 342. The summed E-state index contributed by atoms with van der Waals surface area (Å²) in [6.07, 6.45) is 46.9. The molecule has 0 fully saturated rings. The summed E-state index contributed by atoms with van der Waals surface area (Å²) in [6, 6.07) is 0. The van der Waals surface area contributed by atoms with E-state index in [1.807, 2.05) is 0 Å². The van der Waals surface area contributed by atoms with Gasteiger partial charge in [0.15, 0.2) is 0 Å². The molecule has 0 heteroatoms. The van der Waals surface area contributed by atoms with Gasteiger partial charge < -0.3 is 0 Å². The highest BCUT2D eigenvalue weighted by molar-refractivity contribution is 4.81. The van der Waals surface area contributed by atoms with E-state index >= 15 is 0 Å². The summed E-state index contributed by atoms with van der Waals surface area (Å²) in [5.74, 6) is 0. The molecule has 0 heterocycles. The van der Waals surface area contributed by atoms with E-state index in [0.29, 0.717) is 0 Å². The van der Waals surface area contributed by atoms with Crippen LogP contribution < -0.4 is 0 Å². The highest BCUT2D eigenvalue weighted by Crippen LogP contribution is 2.15. The third-order valence-electron chi connectivity index (χ3n) is 7.37. The van der Waals surface area contributed by atoms with Crippen LogP contribution in [0.1, 0.15) is 200 Å². The lowest BCUT2D eigenvalue weighted by Crippen LogP contribution is -1.84. The second-order valence-electron chi connectivity index (χ2n) is 10.9. The molecule has 0 aromatic carbocycles. The van der Waals surface area contributed by atoms with Crippen molar-refractivity contribution in [2.24, 2.45) is 0 Å². The summed E-state index contributed by atoms with van der Waals surface area (Å²) in [5.41, 5.74) is 0. The van der Waals surface area contributed by atoms with Crippen LogP contribution in [-0.4, -0.2) is 0 Å². The maximum Gasteiger partial charge on any atom is -0.0351 e. The van der Waals surface area contributed by atoms with Gasteiger partial charge >= 0.3 is 0 Å². The third kappa shape index (κ3) is 31.7. The van der Waals surface area contributed by atoms with Gasteiger partial charge in [-0.25, -0.2) is 0 Å². The van der Waals surface area contributed by atoms with Gasteiger partial charge in [-0.05, 0) is 25.7 Å². The molecule has 0 saturated heterocycles. The van der Waals surface area contributed by atoms with Crippen molar-refractivity contribution in [2.75, 3.05) is 0 Å². The van der Waals surface area contributed by atoms with Gasteiger partial charge in [0.25, 0.3) is 0 Å². The molecule has 0 aliphatic carbocycles. The summed E-state index contributed by atoms with van der Waals surface area (Å²) in [4.78, 5) is 0. The first-order valence-corrected chi connectivity index (χ1v) is 16.1. The number of hydrogen-bond donors (Lipinski definition) is 0. The number of unbranched alkanes of at least 4 members (excludes halogenated alkanes) is 27. The van der Waals surface area contributed by atoms with Gasteiger partial charge in [-0.15, -0.1) is 0 Å². The summed E-state index contributed by atoms with van der Waals surface area (Å²) in [5, 5.41) is 0. The molecule has 0 aromatic heterocycles. The largest absolute Gasteiger partial charge is 0.0885 e. The molecule has 0 atom stereocenters. The molecule has 0 rings (SSSR count).